The SMILES string of the molecule is O=c1c2c(O)cccc2[se]n1-c1cccnc1. The Bertz CT molecular complexity index is 731. The Hall–Kier alpha value is -1.84. The second-order valence-electron chi connectivity index (χ2n) is 3.55. The number of hydrogen-bond acceptors (Lipinski definition) is 3. The van der Waals surface area contributed by atoms with Crippen LogP contribution in [0.15, 0.2) is 47.5 Å². The van der Waals surface area contributed by atoms with Gasteiger partial charge in [-0.15, -0.1) is 0 Å². The van der Waals surface area contributed by atoms with E-state index >= 15 is 0 Å². The number of rotatable bonds is 1. The van der Waals surface area contributed by atoms with Gasteiger partial charge >= 0.3 is 103 Å². The predicted octanol–water partition coefficient (Wildman–Crippen LogP) is 1.15. The van der Waals surface area contributed by atoms with E-state index in [1.165, 1.54) is 0 Å². The van der Waals surface area contributed by atoms with Crippen molar-refractivity contribution >= 4 is 24.4 Å². The van der Waals surface area contributed by atoms with Crippen LogP contribution >= 0.6 is 0 Å². The molecule has 5 heteroatoms. The van der Waals surface area contributed by atoms with Crippen molar-refractivity contribution in [2.45, 2.75) is 0 Å². The number of aromatic nitrogens is 2. The number of aromatic hydroxyl groups is 1. The first-order chi connectivity index (χ1) is 8.27. The van der Waals surface area contributed by atoms with Gasteiger partial charge in [0, 0.05) is 0 Å². The summed E-state index contributed by atoms with van der Waals surface area (Å²) in [6.07, 6.45) is 3.32. The van der Waals surface area contributed by atoms with Crippen LogP contribution in [0.2, 0.25) is 0 Å². The molecule has 0 unspecified atom stereocenters. The van der Waals surface area contributed by atoms with Crippen LogP contribution in [0.4, 0.5) is 0 Å². The van der Waals surface area contributed by atoms with Crippen molar-refractivity contribution in [2.24, 2.45) is 0 Å². The van der Waals surface area contributed by atoms with E-state index in [9.17, 15) is 9.90 Å². The van der Waals surface area contributed by atoms with Crippen molar-refractivity contribution in [1.29, 1.82) is 0 Å². The van der Waals surface area contributed by atoms with Gasteiger partial charge in [0.25, 0.3) is 0 Å². The zero-order valence-corrected chi connectivity index (χ0v) is 10.4. The second kappa shape index (κ2) is 3.87. The molecule has 0 saturated heterocycles. The number of fused-ring (bicyclic) bond motifs is 1. The number of nitrogens with zero attached hydrogens (tertiary/aromatic N) is 2. The number of pyridine rings is 1. The van der Waals surface area contributed by atoms with Crippen molar-refractivity contribution in [3.8, 4) is 11.4 Å². The molecule has 17 heavy (non-hydrogen) atoms. The summed E-state index contributed by atoms with van der Waals surface area (Å²) in [5.74, 6) is 0.0563. The number of phenolic OH excluding ortho intramolecular Hbond substituents is 1. The van der Waals surface area contributed by atoms with Crippen LogP contribution in [0.25, 0.3) is 15.3 Å². The summed E-state index contributed by atoms with van der Waals surface area (Å²) in [6, 6.07) is 8.82. The van der Waals surface area contributed by atoms with E-state index in [4.69, 9.17) is 0 Å². The van der Waals surface area contributed by atoms with Gasteiger partial charge in [0.2, 0.25) is 0 Å². The fourth-order valence-electron chi connectivity index (χ4n) is 1.70. The zero-order chi connectivity index (χ0) is 11.8. The summed E-state index contributed by atoms with van der Waals surface area (Å²) in [7, 11) is 0. The molecular weight excluding hydrogens is 283 g/mol. The van der Waals surface area contributed by atoms with Crippen LogP contribution in [-0.4, -0.2) is 28.4 Å². The molecule has 84 valence electrons. The fourth-order valence-corrected chi connectivity index (χ4v) is 3.81. The third-order valence-electron chi connectivity index (χ3n) is 2.47. The molecule has 0 aliphatic carbocycles. The van der Waals surface area contributed by atoms with Gasteiger partial charge in [-0.3, -0.25) is 0 Å². The molecule has 0 radical (unpaired) electrons. The predicted molar refractivity (Wildman–Crippen MR) is 65.9 cm³/mol. The maximum absolute atomic E-state index is 12.2. The molecule has 0 spiro atoms. The van der Waals surface area contributed by atoms with Crippen molar-refractivity contribution in [3.05, 3.63) is 53.1 Å². The molecule has 3 rings (SSSR count). The van der Waals surface area contributed by atoms with Crippen LogP contribution in [0.5, 0.6) is 5.75 Å². The van der Waals surface area contributed by atoms with Crippen LogP contribution in [0, 0.1) is 0 Å². The van der Waals surface area contributed by atoms with E-state index in [1.807, 2.05) is 12.1 Å². The van der Waals surface area contributed by atoms with Crippen molar-refractivity contribution in [1.82, 2.24) is 8.55 Å². The summed E-state index contributed by atoms with van der Waals surface area (Å²) in [6.45, 7) is 0. The first kappa shape index (κ1) is 10.3. The molecule has 1 aromatic carbocycles. The summed E-state index contributed by atoms with van der Waals surface area (Å²) >= 11 is -0.131. The van der Waals surface area contributed by atoms with Gasteiger partial charge in [-0.2, -0.15) is 0 Å². The van der Waals surface area contributed by atoms with E-state index in [-0.39, 0.29) is 26.0 Å². The molecule has 0 bridgehead atoms. The van der Waals surface area contributed by atoms with Gasteiger partial charge in [0.05, 0.1) is 0 Å². The third kappa shape index (κ3) is 1.60. The Balaban J connectivity index is 2.37. The average Bonchev–Trinajstić information content (AvgIpc) is 2.69. The number of benzene rings is 1. The maximum atomic E-state index is 12.2. The molecule has 0 fully saturated rings. The molecule has 2 aromatic heterocycles. The normalized spacial score (nSPS) is 10.8. The van der Waals surface area contributed by atoms with Gasteiger partial charge in [-0.25, -0.2) is 0 Å². The Kier molecular flexibility index (Phi) is 2.35. The minimum atomic E-state index is -0.147. The zero-order valence-electron chi connectivity index (χ0n) is 8.70. The number of hydrogen-bond donors (Lipinski definition) is 1. The van der Waals surface area contributed by atoms with Gasteiger partial charge in [0.15, 0.2) is 0 Å². The Labute approximate surface area is 103 Å². The molecular formula is C12H8N2O2Se. The van der Waals surface area contributed by atoms with Gasteiger partial charge in [0.1, 0.15) is 0 Å². The van der Waals surface area contributed by atoms with Crippen molar-refractivity contribution in [3.63, 3.8) is 0 Å². The first-order valence-corrected chi connectivity index (χ1v) is 6.64. The Morgan fingerprint density at radius 2 is 2.12 bits per heavy atom. The Morgan fingerprint density at radius 3 is 2.82 bits per heavy atom. The standard InChI is InChI=1S/C12H8N2O2Se/c15-9-4-1-5-10-11(9)12(16)14(17-10)8-3-2-6-13-7-8/h1-7,15H. The van der Waals surface area contributed by atoms with Crippen LogP contribution in [-0.2, 0) is 0 Å². The van der Waals surface area contributed by atoms with E-state index in [2.05, 4.69) is 4.98 Å². The summed E-state index contributed by atoms with van der Waals surface area (Å²) in [5.41, 5.74) is 0.624. The first-order valence-electron chi connectivity index (χ1n) is 5.02. The van der Waals surface area contributed by atoms with Gasteiger partial charge in [-0.05, 0) is 0 Å². The molecule has 0 amide bonds. The minimum absolute atomic E-state index is 0.0563. The Morgan fingerprint density at radius 1 is 1.24 bits per heavy atom. The van der Waals surface area contributed by atoms with Crippen LogP contribution in [0.3, 0.4) is 0 Å². The van der Waals surface area contributed by atoms with E-state index in [0.29, 0.717) is 5.39 Å². The summed E-state index contributed by atoms with van der Waals surface area (Å²) in [4.78, 5) is 16.2. The number of phenols is 1. The molecule has 2 heterocycles. The molecule has 0 atom stereocenters. The van der Waals surface area contributed by atoms with Crippen LogP contribution in [0.1, 0.15) is 0 Å². The summed E-state index contributed by atoms with van der Waals surface area (Å²) < 4.78 is 2.58. The van der Waals surface area contributed by atoms with E-state index in [0.717, 1.165) is 9.95 Å². The van der Waals surface area contributed by atoms with Crippen molar-refractivity contribution in [2.75, 3.05) is 0 Å². The molecule has 0 aliphatic heterocycles. The molecule has 0 saturated carbocycles. The molecule has 3 aromatic rings. The summed E-state index contributed by atoms with van der Waals surface area (Å²) in [5, 5.41) is 10.1. The van der Waals surface area contributed by atoms with Crippen LogP contribution < -0.4 is 5.56 Å². The van der Waals surface area contributed by atoms with Gasteiger partial charge < -0.3 is 0 Å². The van der Waals surface area contributed by atoms with Gasteiger partial charge in [-0.1, -0.05) is 0 Å². The quantitative estimate of drug-likeness (QED) is 0.684. The average molecular weight is 291 g/mol. The molecule has 4 nitrogen and oxygen atoms in total. The van der Waals surface area contributed by atoms with Crippen molar-refractivity contribution < 1.29 is 5.11 Å². The second-order valence-corrected chi connectivity index (χ2v) is 5.62. The third-order valence-corrected chi connectivity index (χ3v) is 4.77. The van der Waals surface area contributed by atoms with E-state index in [1.54, 1.807) is 34.2 Å². The molecule has 1 N–H and O–H groups in total. The fraction of sp³-hybridized carbons (Fsp3) is 0. The monoisotopic (exact) mass is 292 g/mol. The topological polar surface area (TPSA) is 55.1 Å². The molecule has 0 aliphatic rings. The van der Waals surface area contributed by atoms with E-state index < -0.39 is 0 Å².